The summed E-state index contributed by atoms with van der Waals surface area (Å²) in [5.41, 5.74) is 31.5. The molecule has 13 rings (SSSR count). The molecule has 2 nitrogen and oxygen atoms in total. The number of para-hydroxylation sites is 2. The third-order valence-corrected chi connectivity index (χ3v) is 16.6. The van der Waals surface area contributed by atoms with E-state index in [1.165, 1.54) is 134 Å². The van der Waals surface area contributed by atoms with E-state index in [9.17, 15) is 0 Å². The lowest BCUT2D eigenvalue weighted by atomic mass is 9.31. The first-order valence-electron chi connectivity index (χ1n) is 26.7. The maximum atomic E-state index is 2.69. The number of rotatable bonds is 5. The summed E-state index contributed by atoms with van der Waals surface area (Å²) >= 11 is 0. The van der Waals surface area contributed by atoms with E-state index in [2.05, 4.69) is 268 Å². The molecule has 9 aromatic rings. The third kappa shape index (κ3) is 6.85. The second-order valence-electron chi connectivity index (χ2n) is 24.7. The van der Waals surface area contributed by atoms with Crippen LogP contribution < -0.4 is 42.6 Å². The van der Waals surface area contributed by atoms with Gasteiger partial charge in [0.2, 0.25) is 13.4 Å². The molecule has 0 bridgehead atoms. The first kappa shape index (κ1) is 45.6. The number of benzene rings is 9. The predicted molar refractivity (Wildman–Crippen MR) is 317 cm³/mol. The average Bonchev–Trinajstić information content (AvgIpc) is 3.92. The molecule has 0 aromatic heterocycles. The van der Waals surface area contributed by atoms with Gasteiger partial charge in [0, 0.05) is 34.1 Å². The largest absolute Gasteiger partial charge is 0.311 e. The second kappa shape index (κ2) is 16.1. The van der Waals surface area contributed by atoms with Gasteiger partial charge < -0.3 is 9.80 Å². The highest BCUT2D eigenvalue weighted by molar-refractivity contribution is 7.04. The van der Waals surface area contributed by atoms with Crippen LogP contribution in [0.25, 0.3) is 44.5 Å². The van der Waals surface area contributed by atoms with Crippen LogP contribution in [0.1, 0.15) is 104 Å². The number of hydrogen-bond acceptors (Lipinski definition) is 2. The van der Waals surface area contributed by atoms with Crippen molar-refractivity contribution in [3.8, 4) is 44.5 Å². The van der Waals surface area contributed by atoms with Gasteiger partial charge >= 0.3 is 0 Å². The number of anilines is 6. The van der Waals surface area contributed by atoms with Crippen LogP contribution in [0.4, 0.5) is 34.1 Å². The third-order valence-electron chi connectivity index (χ3n) is 16.6. The minimum Gasteiger partial charge on any atom is -0.311 e. The van der Waals surface area contributed by atoms with Gasteiger partial charge in [-0.05, 0) is 159 Å². The molecule has 0 spiro atoms. The Bertz CT molecular complexity index is 3700. The van der Waals surface area contributed by atoms with E-state index < -0.39 is 0 Å². The Morgan fingerprint density at radius 2 is 0.753 bits per heavy atom. The minimum atomic E-state index is -0.285. The monoisotopic (exact) mass is 943 g/mol. The standard InChI is InChI=1S/C69H64B2N2/c1-42(2)43-28-30-44(31-29-43)46-34-38-55-53(40-46)51-24-18-26-57-61(51)70(55)63-59(68(6,7)8)66-64(60(69(9,10)11)65(63)72(57)49-20-14-12-15-21-49)71-56-39-35-47(45-32-36-48(37-33-45)67(3,4)5)41-54(56)52-25-19-27-58(62(52)71)73(66)50-22-16-13-17-23-50/h12-42H,1-11H3. The fourth-order valence-electron chi connectivity index (χ4n) is 13.4. The SMILES string of the molecule is CC(C)c1ccc(-c2ccc3c(c2)-c2cccc4c2B3c2c(c(C(C)(C)C)c3c(c2C(C)(C)C)N(c2ccccc2)c2cccc5c2B3c2ccc(-c3ccc(C(C)(C)C)cc3)cc2-5)N4c2ccccc2)cc1. The van der Waals surface area contributed by atoms with Gasteiger partial charge in [0.15, 0.2) is 0 Å². The number of fused-ring (bicyclic) bond motifs is 10. The Kier molecular flexibility index (Phi) is 10.1. The normalized spacial score (nSPS) is 14.0. The van der Waals surface area contributed by atoms with E-state index in [-0.39, 0.29) is 29.7 Å². The van der Waals surface area contributed by atoms with E-state index in [4.69, 9.17) is 0 Å². The zero-order chi connectivity index (χ0) is 50.5. The molecule has 73 heavy (non-hydrogen) atoms. The molecule has 356 valence electrons. The summed E-state index contributed by atoms with van der Waals surface area (Å²) in [6, 6.07) is 70.1. The lowest BCUT2D eigenvalue weighted by Gasteiger charge is -2.49. The topological polar surface area (TPSA) is 6.48 Å². The summed E-state index contributed by atoms with van der Waals surface area (Å²) in [4.78, 5) is 5.37. The molecule has 0 fully saturated rings. The predicted octanol–water partition coefficient (Wildman–Crippen LogP) is 14.6. The molecule has 0 radical (unpaired) electrons. The van der Waals surface area contributed by atoms with Crippen molar-refractivity contribution in [2.75, 3.05) is 9.80 Å². The molecule has 4 heterocycles. The van der Waals surface area contributed by atoms with Crippen LogP contribution in [0.15, 0.2) is 182 Å². The van der Waals surface area contributed by atoms with Crippen molar-refractivity contribution >= 4 is 80.3 Å². The highest BCUT2D eigenvalue weighted by Gasteiger charge is 2.53. The molecule has 0 unspecified atom stereocenters. The second-order valence-corrected chi connectivity index (χ2v) is 24.7. The Morgan fingerprint density at radius 1 is 0.356 bits per heavy atom. The van der Waals surface area contributed by atoms with E-state index in [0.717, 1.165) is 0 Å². The van der Waals surface area contributed by atoms with Crippen LogP contribution in [-0.4, -0.2) is 13.4 Å². The van der Waals surface area contributed by atoms with Crippen LogP contribution in [0.5, 0.6) is 0 Å². The molecule has 0 amide bonds. The van der Waals surface area contributed by atoms with Crippen LogP contribution in [-0.2, 0) is 16.2 Å². The first-order chi connectivity index (χ1) is 35.0. The van der Waals surface area contributed by atoms with Gasteiger partial charge in [-0.3, -0.25) is 0 Å². The van der Waals surface area contributed by atoms with Gasteiger partial charge in [-0.25, -0.2) is 0 Å². The molecule has 4 heteroatoms. The van der Waals surface area contributed by atoms with E-state index in [0.29, 0.717) is 5.92 Å². The average molecular weight is 943 g/mol. The molecule has 0 aliphatic carbocycles. The van der Waals surface area contributed by atoms with Crippen LogP contribution in [0.3, 0.4) is 0 Å². The highest BCUT2D eigenvalue weighted by Crippen LogP contribution is 2.52. The molecular formula is C69H64B2N2. The maximum Gasteiger partial charge on any atom is 0.248 e. The van der Waals surface area contributed by atoms with Gasteiger partial charge in [0.1, 0.15) is 0 Å². The van der Waals surface area contributed by atoms with E-state index in [1.54, 1.807) is 0 Å². The van der Waals surface area contributed by atoms with Crippen molar-refractivity contribution < 1.29 is 0 Å². The number of hydrogen-bond donors (Lipinski definition) is 0. The maximum absolute atomic E-state index is 2.69. The molecule has 0 saturated heterocycles. The molecule has 0 atom stereocenters. The summed E-state index contributed by atoms with van der Waals surface area (Å²) in [6.45, 7) is 26.3. The molecule has 9 aromatic carbocycles. The van der Waals surface area contributed by atoms with Gasteiger partial charge in [-0.2, -0.15) is 0 Å². The summed E-state index contributed by atoms with van der Waals surface area (Å²) in [7, 11) is 0. The van der Waals surface area contributed by atoms with Gasteiger partial charge in [0.25, 0.3) is 0 Å². The lowest BCUT2D eigenvalue weighted by molar-refractivity contribution is 0.584. The van der Waals surface area contributed by atoms with Crippen LogP contribution in [0.2, 0.25) is 0 Å². The molecule has 4 aliphatic rings. The quantitative estimate of drug-likeness (QED) is 0.159. The summed E-state index contributed by atoms with van der Waals surface area (Å²) in [5, 5.41) is 0. The highest BCUT2D eigenvalue weighted by atomic mass is 15.2. The van der Waals surface area contributed by atoms with E-state index >= 15 is 0 Å². The molecular weight excluding hydrogens is 878 g/mol. The summed E-state index contributed by atoms with van der Waals surface area (Å²) in [6.07, 6.45) is 0. The van der Waals surface area contributed by atoms with Crippen LogP contribution >= 0.6 is 0 Å². The number of nitrogens with zero attached hydrogens (tertiary/aromatic N) is 2. The lowest BCUT2D eigenvalue weighted by Crippen LogP contribution is -2.63. The van der Waals surface area contributed by atoms with Crippen LogP contribution in [0, 0.1) is 0 Å². The zero-order valence-corrected chi connectivity index (χ0v) is 44.4. The van der Waals surface area contributed by atoms with Gasteiger partial charge in [0.05, 0.1) is 0 Å². The zero-order valence-electron chi connectivity index (χ0n) is 44.4. The van der Waals surface area contributed by atoms with Crippen molar-refractivity contribution in [2.45, 2.75) is 98.3 Å². The Labute approximate surface area is 435 Å². The minimum absolute atomic E-state index is 0.0139. The Hall–Kier alpha value is -7.29. The summed E-state index contributed by atoms with van der Waals surface area (Å²) < 4.78 is 0. The van der Waals surface area contributed by atoms with Gasteiger partial charge in [-0.15, -0.1) is 0 Å². The first-order valence-corrected chi connectivity index (χ1v) is 26.7. The van der Waals surface area contributed by atoms with Crippen molar-refractivity contribution in [3.63, 3.8) is 0 Å². The van der Waals surface area contributed by atoms with E-state index in [1.807, 2.05) is 0 Å². The van der Waals surface area contributed by atoms with Crippen molar-refractivity contribution in [1.82, 2.24) is 0 Å². The smallest absolute Gasteiger partial charge is 0.248 e. The Morgan fingerprint density at radius 3 is 1.14 bits per heavy atom. The molecule has 0 saturated carbocycles. The molecule has 0 N–H and O–H groups in total. The molecule has 4 aliphatic heterocycles. The van der Waals surface area contributed by atoms with Crippen molar-refractivity contribution in [3.05, 3.63) is 204 Å². The fourth-order valence-corrected chi connectivity index (χ4v) is 13.4. The van der Waals surface area contributed by atoms with Crippen molar-refractivity contribution in [1.29, 1.82) is 0 Å². The fraction of sp³-hybridized carbons (Fsp3) is 0.217. The van der Waals surface area contributed by atoms with Gasteiger partial charge in [-0.1, -0.05) is 221 Å². The van der Waals surface area contributed by atoms with Crippen molar-refractivity contribution in [2.24, 2.45) is 0 Å². The Balaban J connectivity index is 1.15. The summed E-state index contributed by atoms with van der Waals surface area (Å²) in [5.74, 6) is 0.488.